The van der Waals surface area contributed by atoms with Crippen LogP contribution in [-0.2, 0) is 9.53 Å². The van der Waals surface area contributed by atoms with Crippen molar-refractivity contribution in [2.45, 2.75) is 76.1 Å². The Morgan fingerprint density at radius 1 is 1.17 bits per heavy atom. The van der Waals surface area contributed by atoms with Gasteiger partial charge in [-0.25, -0.2) is 0 Å². The topological polar surface area (TPSA) is 66.8 Å². The maximum absolute atomic E-state index is 11.8. The standard InChI is InChI=1S/C14H24O4/c1-10(2)11(15)18-14-6-4-5-13(17,9-14)7-12(3,16)8-14/h10,16-17H,4-9H2,1-3H3. The van der Waals surface area contributed by atoms with Crippen LogP contribution in [0.25, 0.3) is 0 Å². The van der Waals surface area contributed by atoms with Gasteiger partial charge >= 0.3 is 5.97 Å². The molecule has 3 unspecified atom stereocenters. The van der Waals surface area contributed by atoms with Crippen LogP contribution in [0.2, 0.25) is 0 Å². The number of rotatable bonds is 2. The summed E-state index contributed by atoms with van der Waals surface area (Å²) in [6.07, 6.45) is 3.54. The molecule has 0 radical (unpaired) electrons. The molecule has 2 fully saturated rings. The average Bonchev–Trinajstić information content (AvgIpc) is 2.11. The first-order chi connectivity index (χ1) is 8.16. The second-order valence-corrected chi connectivity index (χ2v) is 6.86. The Morgan fingerprint density at radius 3 is 2.44 bits per heavy atom. The second kappa shape index (κ2) is 4.20. The van der Waals surface area contributed by atoms with Gasteiger partial charge in [-0.3, -0.25) is 4.79 Å². The lowest BCUT2D eigenvalue weighted by Crippen LogP contribution is -2.59. The minimum atomic E-state index is -0.954. The lowest BCUT2D eigenvalue weighted by Gasteiger charge is -2.53. The van der Waals surface area contributed by atoms with Crippen molar-refractivity contribution in [3.05, 3.63) is 0 Å². The number of carbonyl (C=O) groups is 1. The molecule has 0 aliphatic heterocycles. The highest BCUT2D eigenvalue weighted by atomic mass is 16.6. The van der Waals surface area contributed by atoms with Crippen LogP contribution in [0.3, 0.4) is 0 Å². The summed E-state index contributed by atoms with van der Waals surface area (Å²) in [7, 11) is 0. The number of ether oxygens (including phenoxy) is 1. The molecular weight excluding hydrogens is 232 g/mol. The summed E-state index contributed by atoms with van der Waals surface area (Å²) in [6.45, 7) is 5.32. The van der Waals surface area contributed by atoms with Gasteiger partial charge in [-0.15, -0.1) is 0 Å². The summed E-state index contributed by atoms with van der Waals surface area (Å²) < 4.78 is 5.65. The Morgan fingerprint density at radius 2 is 1.83 bits per heavy atom. The van der Waals surface area contributed by atoms with E-state index in [1.54, 1.807) is 20.8 Å². The number of hydrogen-bond acceptors (Lipinski definition) is 4. The largest absolute Gasteiger partial charge is 0.459 e. The van der Waals surface area contributed by atoms with Crippen molar-refractivity contribution in [3.63, 3.8) is 0 Å². The summed E-state index contributed by atoms with van der Waals surface area (Å²) in [5, 5.41) is 20.8. The van der Waals surface area contributed by atoms with Gasteiger partial charge in [0.2, 0.25) is 0 Å². The monoisotopic (exact) mass is 256 g/mol. The fourth-order valence-corrected chi connectivity index (χ4v) is 3.74. The molecule has 18 heavy (non-hydrogen) atoms. The summed E-state index contributed by atoms with van der Waals surface area (Å²) in [6, 6.07) is 0. The van der Waals surface area contributed by atoms with Crippen LogP contribution in [-0.4, -0.2) is 33.0 Å². The summed E-state index contributed by atoms with van der Waals surface area (Å²) in [4.78, 5) is 11.8. The van der Waals surface area contributed by atoms with Gasteiger partial charge in [0.15, 0.2) is 0 Å². The highest BCUT2D eigenvalue weighted by molar-refractivity contribution is 5.72. The van der Waals surface area contributed by atoms with Gasteiger partial charge in [0.25, 0.3) is 0 Å². The minimum Gasteiger partial charge on any atom is -0.459 e. The Bertz CT molecular complexity index is 346. The number of carbonyl (C=O) groups excluding carboxylic acids is 1. The molecule has 2 bridgehead atoms. The molecule has 104 valence electrons. The fourth-order valence-electron chi connectivity index (χ4n) is 3.74. The van der Waals surface area contributed by atoms with E-state index in [0.717, 1.165) is 12.8 Å². The molecule has 0 aromatic heterocycles. The lowest BCUT2D eigenvalue weighted by molar-refractivity contribution is -0.217. The Hall–Kier alpha value is -0.610. The molecule has 0 spiro atoms. The third-order valence-electron chi connectivity index (χ3n) is 4.13. The average molecular weight is 256 g/mol. The molecule has 4 heteroatoms. The molecule has 2 saturated carbocycles. The zero-order valence-corrected chi connectivity index (χ0v) is 11.5. The maximum Gasteiger partial charge on any atom is 0.308 e. The van der Waals surface area contributed by atoms with E-state index in [1.165, 1.54) is 0 Å². The van der Waals surface area contributed by atoms with Crippen molar-refractivity contribution in [2.75, 3.05) is 0 Å². The van der Waals surface area contributed by atoms with Crippen molar-refractivity contribution in [1.29, 1.82) is 0 Å². The predicted octanol–water partition coefficient (Wildman–Crippen LogP) is 1.77. The fraction of sp³-hybridized carbons (Fsp3) is 0.929. The van der Waals surface area contributed by atoms with E-state index < -0.39 is 16.8 Å². The molecule has 2 rings (SSSR count). The van der Waals surface area contributed by atoms with Crippen molar-refractivity contribution in [1.82, 2.24) is 0 Å². The minimum absolute atomic E-state index is 0.179. The van der Waals surface area contributed by atoms with Gasteiger partial charge < -0.3 is 14.9 Å². The van der Waals surface area contributed by atoms with Crippen LogP contribution in [0.1, 0.15) is 59.3 Å². The van der Waals surface area contributed by atoms with Gasteiger partial charge in [0.05, 0.1) is 17.1 Å². The van der Waals surface area contributed by atoms with E-state index in [4.69, 9.17) is 4.74 Å². The van der Waals surface area contributed by atoms with E-state index >= 15 is 0 Å². The van der Waals surface area contributed by atoms with Gasteiger partial charge in [-0.05, 0) is 26.2 Å². The Balaban J connectivity index is 2.21. The zero-order chi connectivity index (χ0) is 13.6. The molecule has 0 heterocycles. The molecule has 2 aliphatic rings. The number of hydrogen-bond donors (Lipinski definition) is 2. The quantitative estimate of drug-likeness (QED) is 0.739. The smallest absolute Gasteiger partial charge is 0.308 e. The van der Waals surface area contributed by atoms with E-state index in [-0.39, 0.29) is 11.9 Å². The third kappa shape index (κ3) is 2.69. The van der Waals surface area contributed by atoms with Crippen LogP contribution < -0.4 is 0 Å². The first-order valence-electron chi connectivity index (χ1n) is 6.83. The second-order valence-electron chi connectivity index (χ2n) is 6.86. The number of esters is 1. The summed E-state index contributed by atoms with van der Waals surface area (Å²) in [5.41, 5.74) is -2.50. The van der Waals surface area contributed by atoms with E-state index in [2.05, 4.69) is 0 Å². The first kappa shape index (κ1) is 13.8. The third-order valence-corrected chi connectivity index (χ3v) is 4.13. The SMILES string of the molecule is CC(C)C(=O)OC12CCCC(O)(CC(C)(O)C1)C2. The molecule has 0 aromatic carbocycles. The Kier molecular flexibility index (Phi) is 3.23. The van der Waals surface area contributed by atoms with Gasteiger partial charge in [-0.1, -0.05) is 13.8 Å². The van der Waals surface area contributed by atoms with Gasteiger partial charge in [0, 0.05) is 19.3 Å². The molecule has 0 amide bonds. The lowest BCUT2D eigenvalue weighted by atomic mass is 9.61. The van der Waals surface area contributed by atoms with Gasteiger partial charge in [0.1, 0.15) is 5.60 Å². The molecule has 0 saturated heterocycles. The predicted molar refractivity (Wildman–Crippen MR) is 66.9 cm³/mol. The summed E-state index contributed by atoms with van der Waals surface area (Å²) >= 11 is 0. The maximum atomic E-state index is 11.8. The van der Waals surface area contributed by atoms with E-state index in [9.17, 15) is 15.0 Å². The first-order valence-corrected chi connectivity index (χ1v) is 6.83. The van der Waals surface area contributed by atoms with Gasteiger partial charge in [-0.2, -0.15) is 0 Å². The van der Waals surface area contributed by atoms with Crippen LogP contribution in [0.5, 0.6) is 0 Å². The van der Waals surface area contributed by atoms with Crippen molar-refractivity contribution < 1.29 is 19.7 Å². The molecule has 4 nitrogen and oxygen atoms in total. The number of aliphatic hydroxyl groups is 2. The van der Waals surface area contributed by atoms with Crippen LogP contribution in [0.4, 0.5) is 0 Å². The Labute approximate surface area is 108 Å². The number of fused-ring (bicyclic) bond motifs is 2. The van der Waals surface area contributed by atoms with Crippen molar-refractivity contribution in [3.8, 4) is 0 Å². The molecule has 2 N–H and O–H groups in total. The van der Waals surface area contributed by atoms with Crippen molar-refractivity contribution in [2.24, 2.45) is 5.92 Å². The van der Waals surface area contributed by atoms with Crippen molar-refractivity contribution >= 4 is 5.97 Å². The van der Waals surface area contributed by atoms with Crippen LogP contribution in [0, 0.1) is 5.92 Å². The van der Waals surface area contributed by atoms with E-state index in [0.29, 0.717) is 25.7 Å². The zero-order valence-electron chi connectivity index (χ0n) is 11.5. The molecular formula is C14H24O4. The summed E-state index contributed by atoms with van der Waals surface area (Å²) in [5.74, 6) is -0.418. The molecule has 2 aliphatic carbocycles. The van der Waals surface area contributed by atoms with E-state index in [1.807, 2.05) is 0 Å². The highest BCUT2D eigenvalue weighted by Crippen LogP contribution is 2.51. The molecule has 3 atom stereocenters. The molecule has 0 aromatic rings. The van der Waals surface area contributed by atoms with Crippen LogP contribution in [0.15, 0.2) is 0 Å². The normalized spacial score (nSPS) is 43.9. The van der Waals surface area contributed by atoms with Crippen LogP contribution >= 0.6 is 0 Å². The highest BCUT2D eigenvalue weighted by Gasteiger charge is 2.56.